The van der Waals surface area contributed by atoms with E-state index in [1.165, 1.54) is 13.5 Å². The smallest absolute Gasteiger partial charge is 0.263 e. The Morgan fingerprint density at radius 3 is 2.62 bits per heavy atom. The van der Waals surface area contributed by atoms with Crippen LogP contribution in [0, 0.1) is 11.3 Å². The molecule has 1 unspecified atom stereocenters. The van der Waals surface area contributed by atoms with E-state index in [2.05, 4.69) is 0 Å². The van der Waals surface area contributed by atoms with Gasteiger partial charge in [0, 0.05) is 19.2 Å². The number of carbonyl (C=O) groups is 1. The van der Waals surface area contributed by atoms with Crippen molar-refractivity contribution in [3.05, 3.63) is 23.8 Å². The normalized spacial score (nSPS) is 16.0. The number of rotatable bonds is 4. The van der Waals surface area contributed by atoms with Crippen LogP contribution >= 0.6 is 0 Å². The third kappa shape index (κ3) is 3.66. The number of amides is 1. The molecule has 21 heavy (non-hydrogen) atoms. The van der Waals surface area contributed by atoms with Gasteiger partial charge in [-0.15, -0.1) is 0 Å². The molecule has 0 bridgehead atoms. The maximum absolute atomic E-state index is 12.3. The second-order valence-electron chi connectivity index (χ2n) is 5.12. The molecular formula is C16H20N2O3. The first kappa shape index (κ1) is 15.2. The summed E-state index contributed by atoms with van der Waals surface area (Å²) in [6, 6.07) is 6.96. The average Bonchev–Trinajstić information content (AvgIpc) is 2.55. The Labute approximate surface area is 125 Å². The second kappa shape index (κ2) is 6.98. The molecule has 1 aliphatic rings. The topological polar surface area (TPSA) is 62.6 Å². The minimum absolute atomic E-state index is 0.00103. The van der Waals surface area contributed by atoms with E-state index < -0.39 is 6.10 Å². The zero-order chi connectivity index (χ0) is 15.2. The number of likely N-dealkylation sites (tertiary alicyclic amines) is 1. The highest BCUT2D eigenvalue weighted by atomic mass is 16.5. The molecule has 1 fully saturated rings. The van der Waals surface area contributed by atoms with Gasteiger partial charge < -0.3 is 14.4 Å². The molecule has 2 rings (SSSR count). The first-order chi connectivity index (χ1) is 10.2. The highest BCUT2D eigenvalue weighted by molar-refractivity contribution is 5.81. The molecule has 5 nitrogen and oxygen atoms in total. The van der Waals surface area contributed by atoms with Crippen LogP contribution in [0.1, 0.15) is 31.7 Å². The van der Waals surface area contributed by atoms with Crippen molar-refractivity contribution in [2.24, 2.45) is 0 Å². The lowest BCUT2D eigenvalue weighted by Gasteiger charge is -2.29. The van der Waals surface area contributed by atoms with E-state index in [1.54, 1.807) is 25.1 Å². The van der Waals surface area contributed by atoms with Crippen molar-refractivity contribution in [2.75, 3.05) is 20.2 Å². The Hall–Kier alpha value is -2.22. The quantitative estimate of drug-likeness (QED) is 0.853. The highest BCUT2D eigenvalue weighted by Crippen LogP contribution is 2.29. The predicted molar refractivity (Wildman–Crippen MR) is 78.2 cm³/mol. The van der Waals surface area contributed by atoms with Crippen LogP contribution in [0.3, 0.4) is 0 Å². The van der Waals surface area contributed by atoms with E-state index in [-0.39, 0.29) is 5.91 Å². The Balaban J connectivity index is 2.06. The molecule has 1 aromatic carbocycles. The number of piperidine rings is 1. The molecule has 0 saturated carbocycles. The van der Waals surface area contributed by atoms with Gasteiger partial charge in [-0.05, 0) is 38.3 Å². The molecule has 1 aromatic rings. The van der Waals surface area contributed by atoms with Crippen molar-refractivity contribution in [3.8, 4) is 17.6 Å². The third-order valence-corrected chi connectivity index (χ3v) is 3.61. The average molecular weight is 288 g/mol. The fourth-order valence-corrected chi connectivity index (χ4v) is 2.45. The van der Waals surface area contributed by atoms with Crippen LogP contribution in [0.5, 0.6) is 11.5 Å². The van der Waals surface area contributed by atoms with E-state index in [9.17, 15) is 4.79 Å². The van der Waals surface area contributed by atoms with Crippen molar-refractivity contribution < 1.29 is 14.3 Å². The fourth-order valence-electron chi connectivity index (χ4n) is 2.45. The maximum Gasteiger partial charge on any atom is 0.263 e. The fraction of sp³-hybridized carbons (Fsp3) is 0.500. The minimum Gasteiger partial charge on any atom is -0.493 e. The van der Waals surface area contributed by atoms with Crippen molar-refractivity contribution in [1.82, 2.24) is 4.90 Å². The van der Waals surface area contributed by atoms with Crippen molar-refractivity contribution >= 4 is 5.91 Å². The molecule has 1 saturated heterocycles. The maximum atomic E-state index is 12.3. The highest BCUT2D eigenvalue weighted by Gasteiger charge is 2.24. The lowest BCUT2D eigenvalue weighted by atomic mass is 10.1. The zero-order valence-electron chi connectivity index (χ0n) is 12.5. The summed E-state index contributed by atoms with van der Waals surface area (Å²) >= 11 is 0. The number of methoxy groups -OCH3 is 1. The first-order valence-electron chi connectivity index (χ1n) is 7.19. The molecular weight excluding hydrogens is 268 g/mol. The van der Waals surface area contributed by atoms with Crippen LogP contribution in [0.15, 0.2) is 18.2 Å². The van der Waals surface area contributed by atoms with Crippen molar-refractivity contribution in [2.45, 2.75) is 32.3 Å². The summed E-state index contributed by atoms with van der Waals surface area (Å²) in [6.07, 6.45) is 2.73. The third-order valence-electron chi connectivity index (χ3n) is 3.61. The van der Waals surface area contributed by atoms with Gasteiger partial charge in [0.05, 0.1) is 18.7 Å². The zero-order valence-corrected chi connectivity index (χ0v) is 12.5. The monoisotopic (exact) mass is 288 g/mol. The van der Waals surface area contributed by atoms with Gasteiger partial charge in [0.1, 0.15) is 0 Å². The van der Waals surface area contributed by atoms with E-state index in [1.807, 2.05) is 11.0 Å². The van der Waals surface area contributed by atoms with E-state index >= 15 is 0 Å². The summed E-state index contributed by atoms with van der Waals surface area (Å²) in [7, 11) is 1.51. The summed E-state index contributed by atoms with van der Waals surface area (Å²) in [5.74, 6) is 0.947. The van der Waals surface area contributed by atoms with Gasteiger partial charge in [-0.25, -0.2) is 0 Å². The van der Waals surface area contributed by atoms with Crippen LogP contribution < -0.4 is 9.47 Å². The Kier molecular flexibility index (Phi) is 5.04. The summed E-state index contributed by atoms with van der Waals surface area (Å²) in [5.41, 5.74) is 0.495. The van der Waals surface area contributed by atoms with Crippen LogP contribution in [-0.2, 0) is 4.79 Å². The minimum atomic E-state index is -0.565. The Morgan fingerprint density at radius 1 is 1.29 bits per heavy atom. The number of ether oxygens (including phenoxy) is 2. The SMILES string of the molecule is COc1cc(C#N)ccc1OC(C)C(=O)N1CCCCC1. The molecule has 0 aliphatic carbocycles. The Bertz CT molecular complexity index is 545. The molecule has 0 radical (unpaired) electrons. The summed E-state index contributed by atoms with van der Waals surface area (Å²) in [4.78, 5) is 14.2. The van der Waals surface area contributed by atoms with Crippen molar-refractivity contribution in [1.29, 1.82) is 5.26 Å². The predicted octanol–water partition coefficient (Wildman–Crippen LogP) is 2.35. The van der Waals surface area contributed by atoms with Gasteiger partial charge in [-0.1, -0.05) is 0 Å². The molecule has 0 spiro atoms. The number of hydrogen-bond donors (Lipinski definition) is 0. The number of benzene rings is 1. The second-order valence-corrected chi connectivity index (χ2v) is 5.12. The van der Waals surface area contributed by atoms with Crippen LogP contribution in [-0.4, -0.2) is 37.1 Å². The van der Waals surface area contributed by atoms with Crippen LogP contribution in [0.2, 0.25) is 0 Å². The molecule has 1 heterocycles. The van der Waals surface area contributed by atoms with Gasteiger partial charge in [0.25, 0.3) is 5.91 Å². The van der Waals surface area contributed by atoms with Gasteiger partial charge in [0.2, 0.25) is 0 Å². The number of nitriles is 1. The summed E-state index contributed by atoms with van der Waals surface area (Å²) < 4.78 is 10.9. The summed E-state index contributed by atoms with van der Waals surface area (Å²) in [6.45, 7) is 3.35. The molecule has 1 atom stereocenters. The molecule has 1 amide bonds. The molecule has 0 N–H and O–H groups in total. The summed E-state index contributed by atoms with van der Waals surface area (Å²) in [5, 5.41) is 8.88. The van der Waals surface area contributed by atoms with Crippen molar-refractivity contribution in [3.63, 3.8) is 0 Å². The van der Waals surface area contributed by atoms with Gasteiger partial charge in [-0.2, -0.15) is 5.26 Å². The van der Waals surface area contributed by atoms with Gasteiger partial charge in [0.15, 0.2) is 17.6 Å². The molecule has 112 valence electrons. The van der Waals surface area contributed by atoms with E-state index in [0.717, 1.165) is 25.9 Å². The molecule has 0 aromatic heterocycles. The van der Waals surface area contributed by atoms with E-state index in [4.69, 9.17) is 14.7 Å². The van der Waals surface area contributed by atoms with Crippen LogP contribution in [0.4, 0.5) is 0 Å². The number of hydrogen-bond acceptors (Lipinski definition) is 4. The molecule has 5 heteroatoms. The molecule has 1 aliphatic heterocycles. The standard InChI is InChI=1S/C16H20N2O3/c1-12(16(19)18-8-4-3-5-9-18)21-14-7-6-13(11-17)10-15(14)20-2/h6-7,10,12H,3-5,8-9H2,1-2H3. The Morgan fingerprint density at radius 2 is 2.00 bits per heavy atom. The lowest BCUT2D eigenvalue weighted by molar-refractivity contribution is -0.138. The number of carbonyl (C=O) groups excluding carboxylic acids is 1. The van der Waals surface area contributed by atoms with Crippen LogP contribution in [0.25, 0.3) is 0 Å². The first-order valence-corrected chi connectivity index (χ1v) is 7.19. The van der Waals surface area contributed by atoms with Gasteiger partial charge >= 0.3 is 0 Å². The lowest BCUT2D eigenvalue weighted by Crippen LogP contribution is -2.43. The number of nitrogens with zero attached hydrogens (tertiary/aromatic N) is 2. The largest absolute Gasteiger partial charge is 0.493 e. The van der Waals surface area contributed by atoms with Gasteiger partial charge in [-0.3, -0.25) is 4.79 Å². The van der Waals surface area contributed by atoms with E-state index in [0.29, 0.717) is 17.1 Å².